The number of aliphatic hydroxyl groups excluding tert-OH is 1. The lowest BCUT2D eigenvalue weighted by Gasteiger charge is -2.31. The lowest BCUT2D eigenvalue weighted by atomic mass is 10.0. The number of carbonyl (C=O) groups excluding carboxylic acids is 1. The number of carbonyl (C=O) groups is 1. The van der Waals surface area contributed by atoms with E-state index in [0.29, 0.717) is 42.4 Å². The van der Waals surface area contributed by atoms with Crippen molar-refractivity contribution in [3.63, 3.8) is 0 Å². The molecule has 2 aliphatic rings. The summed E-state index contributed by atoms with van der Waals surface area (Å²) >= 11 is 6.79. The quantitative estimate of drug-likeness (QED) is 0.705. The molecule has 1 fully saturated rings. The van der Waals surface area contributed by atoms with Crippen molar-refractivity contribution in [2.75, 3.05) is 19.6 Å². The normalized spacial score (nSPS) is 22.3. The number of benzene rings is 1. The van der Waals surface area contributed by atoms with Crippen LogP contribution in [0.25, 0.3) is 0 Å². The largest absolute Gasteiger partial charge is 0.506 e. The molecule has 0 spiro atoms. The monoisotopic (exact) mass is 473 g/mol. The Morgan fingerprint density at radius 1 is 1.32 bits per heavy atom. The Kier molecular flexibility index (Phi) is 5.82. The van der Waals surface area contributed by atoms with Crippen LogP contribution in [-0.4, -0.2) is 57.5 Å². The number of rotatable bonds is 3. The molecule has 1 unspecified atom stereocenters. The first kappa shape index (κ1) is 18.8. The summed E-state index contributed by atoms with van der Waals surface area (Å²) in [7, 11) is 0. The van der Waals surface area contributed by atoms with Crippen molar-refractivity contribution in [3.05, 3.63) is 26.6 Å². The number of phenolic OH excluding ortho intramolecular Hbond substituents is 1. The number of amides is 1. The first-order valence-electron chi connectivity index (χ1n) is 8.29. The number of hydrogen-bond acceptors (Lipinski definition) is 5. The molecule has 1 saturated heterocycles. The summed E-state index contributed by atoms with van der Waals surface area (Å²) in [4.78, 5) is 14.9. The molecule has 25 heavy (non-hydrogen) atoms. The molecule has 6 nitrogen and oxygen atoms in total. The summed E-state index contributed by atoms with van der Waals surface area (Å²) in [5.74, 6) is 0.0470. The van der Waals surface area contributed by atoms with Gasteiger partial charge in [-0.25, -0.2) is 5.01 Å². The van der Waals surface area contributed by atoms with Gasteiger partial charge in [-0.3, -0.25) is 9.69 Å². The molecule has 1 atom stereocenters. The Morgan fingerprint density at radius 2 is 2.00 bits per heavy atom. The zero-order valence-electron chi connectivity index (χ0n) is 14.0. The number of piperidine rings is 1. The van der Waals surface area contributed by atoms with E-state index in [1.54, 1.807) is 6.07 Å². The SMILES string of the molecule is CC1=NN(C(=O)CN2CCC(O)CC2)C(c2cc(Br)cc(Br)c2O)C1. The van der Waals surface area contributed by atoms with Crippen molar-refractivity contribution < 1.29 is 15.0 Å². The smallest absolute Gasteiger partial charge is 0.257 e. The first-order chi connectivity index (χ1) is 11.8. The Bertz CT molecular complexity index is 703. The molecular weight excluding hydrogens is 454 g/mol. The van der Waals surface area contributed by atoms with Crippen LogP contribution in [0.1, 0.15) is 37.8 Å². The molecule has 1 amide bonds. The lowest BCUT2D eigenvalue weighted by molar-refractivity contribution is -0.134. The van der Waals surface area contributed by atoms with Crippen molar-refractivity contribution in [2.45, 2.75) is 38.3 Å². The number of hydrogen-bond donors (Lipinski definition) is 2. The average molecular weight is 475 g/mol. The molecule has 0 bridgehead atoms. The maximum atomic E-state index is 12.8. The van der Waals surface area contributed by atoms with E-state index in [2.05, 4.69) is 37.0 Å². The van der Waals surface area contributed by atoms with E-state index in [-0.39, 0.29) is 30.3 Å². The predicted octanol–water partition coefficient (Wildman–Crippen LogP) is 3.02. The zero-order chi connectivity index (χ0) is 18.1. The van der Waals surface area contributed by atoms with E-state index in [0.717, 1.165) is 10.2 Å². The molecular formula is C17H21Br2N3O3. The third kappa shape index (κ3) is 4.24. The second-order valence-electron chi connectivity index (χ2n) is 6.63. The van der Waals surface area contributed by atoms with Crippen molar-refractivity contribution >= 4 is 43.5 Å². The molecule has 1 aromatic carbocycles. The van der Waals surface area contributed by atoms with Gasteiger partial charge in [0, 0.05) is 35.3 Å². The number of phenols is 1. The van der Waals surface area contributed by atoms with Crippen LogP contribution in [0.2, 0.25) is 0 Å². The van der Waals surface area contributed by atoms with Crippen molar-refractivity contribution in [1.29, 1.82) is 0 Å². The van der Waals surface area contributed by atoms with Gasteiger partial charge >= 0.3 is 0 Å². The predicted molar refractivity (Wildman–Crippen MR) is 103 cm³/mol. The van der Waals surface area contributed by atoms with Crippen LogP contribution < -0.4 is 0 Å². The van der Waals surface area contributed by atoms with E-state index in [4.69, 9.17) is 0 Å². The van der Waals surface area contributed by atoms with Gasteiger partial charge < -0.3 is 10.2 Å². The Balaban J connectivity index is 1.78. The van der Waals surface area contributed by atoms with Crippen LogP contribution in [0.3, 0.4) is 0 Å². The second-order valence-corrected chi connectivity index (χ2v) is 8.40. The van der Waals surface area contributed by atoms with Crippen LogP contribution in [0.15, 0.2) is 26.2 Å². The maximum Gasteiger partial charge on any atom is 0.257 e. The zero-order valence-corrected chi connectivity index (χ0v) is 17.1. The number of nitrogens with zero attached hydrogens (tertiary/aromatic N) is 3. The van der Waals surface area contributed by atoms with E-state index in [1.165, 1.54) is 5.01 Å². The van der Waals surface area contributed by atoms with E-state index < -0.39 is 0 Å². The summed E-state index contributed by atoms with van der Waals surface area (Å²) in [5, 5.41) is 25.9. The topological polar surface area (TPSA) is 76.4 Å². The highest BCUT2D eigenvalue weighted by molar-refractivity contribution is 9.11. The van der Waals surface area contributed by atoms with Gasteiger partial charge in [-0.15, -0.1) is 0 Å². The van der Waals surface area contributed by atoms with E-state index in [1.807, 2.05) is 17.9 Å². The second kappa shape index (κ2) is 7.73. The summed E-state index contributed by atoms with van der Waals surface area (Å²) in [6.07, 6.45) is 1.72. The van der Waals surface area contributed by atoms with Crippen LogP contribution in [0.4, 0.5) is 0 Å². The molecule has 2 N–H and O–H groups in total. The Hall–Kier alpha value is -0.960. The van der Waals surface area contributed by atoms with Gasteiger partial charge in [0.05, 0.1) is 23.2 Å². The Morgan fingerprint density at radius 3 is 2.68 bits per heavy atom. The fourth-order valence-corrected chi connectivity index (χ4v) is 4.57. The number of likely N-dealkylation sites (tertiary alicyclic amines) is 1. The standard InChI is InChI=1S/C17H21Br2N3O3/c1-10-6-15(13-7-11(18)8-14(19)17(13)25)22(20-10)16(24)9-21-4-2-12(23)3-5-21/h7-8,12,15,23,25H,2-6,9H2,1H3. The fraction of sp³-hybridized carbons (Fsp3) is 0.529. The molecule has 2 aliphatic heterocycles. The molecule has 0 aliphatic carbocycles. The van der Waals surface area contributed by atoms with Crippen molar-refractivity contribution in [2.24, 2.45) is 5.10 Å². The summed E-state index contributed by atoms with van der Waals surface area (Å²) in [5.41, 5.74) is 1.53. The van der Waals surface area contributed by atoms with Gasteiger partial charge in [0.2, 0.25) is 0 Å². The minimum atomic E-state index is -0.309. The number of aromatic hydroxyl groups is 1. The van der Waals surface area contributed by atoms with Gasteiger partial charge in [0.15, 0.2) is 0 Å². The van der Waals surface area contributed by atoms with Crippen LogP contribution in [-0.2, 0) is 4.79 Å². The average Bonchev–Trinajstić information content (AvgIpc) is 2.95. The van der Waals surface area contributed by atoms with Crippen LogP contribution >= 0.6 is 31.9 Å². The van der Waals surface area contributed by atoms with Gasteiger partial charge in [0.25, 0.3) is 5.91 Å². The lowest BCUT2D eigenvalue weighted by Crippen LogP contribution is -2.43. The third-order valence-electron chi connectivity index (χ3n) is 4.65. The molecule has 2 heterocycles. The Labute approximate surface area is 163 Å². The van der Waals surface area contributed by atoms with Gasteiger partial charge in [-0.05, 0) is 47.8 Å². The summed E-state index contributed by atoms with van der Waals surface area (Å²) < 4.78 is 1.41. The highest BCUT2D eigenvalue weighted by atomic mass is 79.9. The highest BCUT2D eigenvalue weighted by Gasteiger charge is 2.34. The van der Waals surface area contributed by atoms with Crippen molar-refractivity contribution in [3.8, 4) is 5.75 Å². The molecule has 0 saturated carbocycles. The summed E-state index contributed by atoms with van der Waals surface area (Å²) in [6, 6.07) is 3.29. The number of halogens is 2. The van der Waals surface area contributed by atoms with E-state index in [9.17, 15) is 15.0 Å². The minimum Gasteiger partial charge on any atom is -0.506 e. The fourth-order valence-electron chi connectivity index (χ4n) is 3.31. The van der Waals surface area contributed by atoms with Gasteiger partial charge in [0.1, 0.15) is 5.75 Å². The third-order valence-corrected chi connectivity index (χ3v) is 5.71. The molecule has 136 valence electrons. The summed E-state index contributed by atoms with van der Waals surface area (Å²) in [6.45, 7) is 3.58. The molecule has 1 aromatic rings. The van der Waals surface area contributed by atoms with Crippen molar-refractivity contribution in [1.82, 2.24) is 9.91 Å². The van der Waals surface area contributed by atoms with Gasteiger partial charge in [-0.1, -0.05) is 15.9 Å². The molecule has 3 rings (SSSR count). The maximum absolute atomic E-state index is 12.8. The highest BCUT2D eigenvalue weighted by Crippen LogP contribution is 2.41. The minimum absolute atomic E-state index is 0.0891. The first-order valence-corrected chi connectivity index (χ1v) is 9.88. The van der Waals surface area contributed by atoms with Gasteiger partial charge in [-0.2, -0.15) is 5.10 Å². The number of aliphatic hydroxyl groups is 1. The molecule has 0 radical (unpaired) electrons. The van der Waals surface area contributed by atoms with E-state index >= 15 is 0 Å². The molecule has 8 heteroatoms. The van der Waals surface area contributed by atoms with Crippen LogP contribution in [0, 0.1) is 0 Å². The molecule has 0 aromatic heterocycles. The van der Waals surface area contributed by atoms with Crippen LogP contribution in [0.5, 0.6) is 5.75 Å². The number of hydrazone groups is 1.